The van der Waals surface area contributed by atoms with Crippen LogP contribution in [0, 0.1) is 0 Å². The maximum absolute atomic E-state index is 4.61. The Morgan fingerprint density at radius 2 is 1.89 bits per heavy atom. The molecule has 3 heteroatoms. The summed E-state index contributed by atoms with van der Waals surface area (Å²) in [6.45, 7) is 8.73. The van der Waals surface area contributed by atoms with Crippen LogP contribution in [0.1, 0.15) is 20.3 Å². The Morgan fingerprint density at radius 3 is 2.68 bits per heavy atom. The van der Waals surface area contributed by atoms with Crippen molar-refractivity contribution in [2.24, 2.45) is 0 Å². The molecule has 2 rings (SSSR count). The lowest BCUT2D eigenvalue weighted by atomic mass is 10.2. The average molecular weight is 257 g/mol. The Morgan fingerprint density at radius 1 is 1.05 bits per heavy atom. The lowest BCUT2D eigenvalue weighted by Crippen LogP contribution is -2.29. The van der Waals surface area contributed by atoms with Crippen molar-refractivity contribution in [1.82, 2.24) is 9.88 Å². The van der Waals surface area contributed by atoms with Crippen molar-refractivity contribution in [1.29, 1.82) is 0 Å². The van der Waals surface area contributed by atoms with Gasteiger partial charge in [-0.1, -0.05) is 32.0 Å². The molecule has 1 heterocycles. The molecule has 1 N–H and O–H groups in total. The zero-order valence-corrected chi connectivity index (χ0v) is 11.9. The van der Waals surface area contributed by atoms with Gasteiger partial charge in [0, 0.05) is 18.5 Å². The Kier molecular flexibility index (Phi) is 5.16. The molecule has 102 valence electrons. The van der Waals surface area contributed by atoms with E-state index in [0.29, 0.717) is 0 Å². The molecule has 1 aromatic carbocycles. The SMILES string of the molecule is CCCN(CC)CCNc1ccc2ccccc2n1. The van der Waals surface area contributed by atoms with Crippen LogP contribution in [0.15, 0.2) is 36.4 Å². The smallest absolute Gasteiger partial charge is 0.126 e. The molecule has 0 fully saturated rings. The van der Waals surface area contributed by atoms with Gasteiger partial charge >= 0.3 is 0 Å². The quantitative estimate of drug-likeness (QED) is 0.824. The highest BCUT2D eigenvalue weighted by molar-refractivity contribution is 5.79. The second-order valence-electron chi connectivity index (χ2n) is 4.75. The maximum Gasteiger partial charge on any atom is 0.126 e. The third-order valence-electron chi connectivity index (χ3n) is 3.32. The predicted molar refractivity (Wildman–Crippen MR) is 82.6 cm³/mol. The molecule has 19 heavy (non-hydrogen) atoms. The first-order valence-electron chi connectivity index (χ1n) is 7.15. The fraction of sp³-hybridized carbons (Fsp3) is 0.438. The van der Waals surface area contributed by atoms with E-state index < -0.39 is 0 Å². The van der Waals surface area contributed by atoms with Crippen molar-refractivity contribution in [2.75, 3.05) is 31.5 Å². The van der Waals surface area contributed by atoms with Crippen molar-refractivity contribution >= 4 is 16.7 Å². The number of nitrogens with one attached hydrogen (secondary N) is 1. The van der Waals surface area contributed by atoms with Gasteiger partial charge in [-0.2, -0.15) is 0 Å². The normalized spacial score (nSPS) is 11.1. The van der Waals surface area contributed by atoms with Crippen LogP contribution in [0.2, 0.25) is 0 Å². The lowest BCUT2D eigenvalue weighted by Gasteiger charge is -2.19. The Bertz CT molecular complexity index is 510. The fourth-order valence-electron chi connectivity index (χ4n) is 2.25. The van der Waals surface area contributed by atoms with Crippen LogP contribution >= 0.6 is 0 Å². The van der Waals surface area contributed by atoms with Gasteiger partial charge < -0.3 is 10.2 Å². The molecule has 0 radical (unpaired) electrons. The van der Waals surface area contributed by atoms with Crippen LogP contribution in [-0.4, -0.2) is 36.1 Å². The summed E-state index contributed by atoms with van der Waals surface area (Å²) in [6, 6.07) is 12.4. The number of benzene rings is 1. The third-order valence-corrected chi connectivity index (χ3v) is 3.32. The van der Waals surface area contributed by atoms with Gasteiger partial charge in [-0.25, -0.2) is 4.98 Å². The summed E-state index contributed by atoms with van der Waals surface area (Å²) in [5.41, 5.74) is 1.05. The van der Waals surface area contributed by atoms with E-state index in [1.165, 1.54) is 18.4 Å². The molecule has 0 bridgehead atoms. The molecule has 0 saturated carbocycles. The first-order chi connectivity index (χ1) is 9.33. The highest BCUT2D eigenvalue weighted by Gasteiger charge is 2.01. The van der Waals surface area contributed by atoms with E-state index in [2.05, 4.69) is 53.3 Å². The number of para-hydroxylation sites is 1. The van der Waals surface area contributed by atoms with E-state index >= 15 is 0 Å². The van der Waals surface area contributed by atoms with Crippen LogP contribution in [0.4, 0.5) is 5.82 Å². The van der Waals surface area contributed by atoms with E-state index in [1.54, 1.807) is 0 Å². The first kappa shape index (κ1) is 13.8. The van der Waals surface area contributed by atoms with E-state index in [1.807, 2.05) is 12.1 Å². The number of pyridine rings is 1. The number of nitrogens with zero attached hydrogens (tertiary/aromatic N) is 2. The van der Waals surface area contributed by atoms with Crippen molar-refractivity contribution < 1.29 is 0 Å². The molecule has 0 aliphatic rings. The Labute approximate surface area is 115 Å². The van der Waals surface area contributed by atoms with E-state index in [9.17, 15) is 0 Å². The minimum Gasteiger partial charge on any atom is -0.369 e. The van der Waals surface area contributed by atoms with Crippen molar-refractivity contribution in [3.8, 4) is 0 Å². The predicted octanol–water partition coefficient (Wildman–Crippen LogP) is 3.38. The van der Waals surface area contributed by atoms with Gasteiger partial charge in [0.05, 0.1) is 5.52 Å². The van der Waals surface area contributed by atoms with Gasteiger partial charge in [0.2, 0.25) is 0 Å². The largest absolute Gasteiger partial charge is 0.369 e. The Hall–Kier alpha value is -1.61. The van der Waals surface area contributed by atoms with E-state index in [-0.39, 0.29) is 0 Å². The zero-order valence-electron chi connectivity index (χ0n) is 11.9. The lowest BCUT2D eigenvalue weighted by molar-refractivity contribution is 0.300. The number of likely N-dealkylation sites (N-methyl/N-ethyl adjacent to an activating group) is 1. The summed E-state index contributed by atoms with van der Waals surface area (Å²) in [7, 11) is 0. The van der Waals surface area contributed by atoms with E-state index in [0.717, 1.165) is 31.0 Å². The topological polar surface area (TPSA) is 28.2 Å². The van der Waals surface area contributed by atoms with Crippen LogP contribution in [-0.2, 0) is 0 Å². The summed E-state index contributed by atoms with van der Waals surface area (Å²) >= 11 is 0. The summed E-state index contributed by atoms with van der Waals surface area (Å²) in [5.74, 6) is 0.964. The standard InChI is InChI=1S/C16H23N3/c1-3-12-19(4-2)13-11-17-16-10-9-14-7-5-6-8-15(14)18-16/h5-10H,3-4,11-13H2,1-2H3,(H,17,18). The molecule has 0 amide bonds. The summed E-state index contributed by atoms with van der Waals surface area (Å²) < 4.78 is 0. The fourth-order valence-corrected chi connectivity index (χ4v) is 2.25. The molecule has 2 aromatic rings. The van der Waals surface area contributed by atoms with Crippen LogP contribution in [0.25, 0.3) is 10.9 Å². The van der Waals surface area contributed by atoms with Crippen LogP contribution < -0.4 is 5.32 Å². The number of aromatic nitrogens is 1. The zero-order chi connectivity index (χ0) is 13.5. The second kappa shape index (κ2) is 7.10. The molecule has 1 aromatic heterocycles. The highest BCUT2D eigenvalue weighted by Crippen LogP contribution is 2.14. The van der Waals surface area contributed by atoms with Crippen LogP contribution in [0.3, 0.4) is 0 Å². The summed E-state index contributed by atoms with van der Waals surface area (Å²) in [6.07, 6.45) is 1.21. The monoisotopic (exact) mass is 257 g/mol. The molecule has 0 aliphatic carbocycles. The molecule has 0 unspecified atom stereocenters. The second-order valence-corrected chi connectivity index (χ2v) is 4.75. The number of fused-ring (bicyclic) bond motifs is 1. The van der Waals surface area contributed by atoms with Gasteiger partial charge in [-0.15, -0.1) is 0 Å². The third kappa shape index (κ3) is 3.93. The first-order valence-corrected chi connectivity index (χ1v) is 7.15. The molecule has 0 aliphatic heterocycles. The molecular weight excluding hydrogens is 234 g/mol. The Balaban J connectivity index is 1.90. The number of hydrogen-bond acceptors (Lipinski definition) is 3. The van der Waals surface area contributed by atoms with Gasteiger partial charge in [-0.05, 0) is 37.7 Å². The number of hydrogen-bond donors (Lipinski definition) is 1. The van der Waals surface area contributed by atoms with Gasteiger partial charge in [-0.3, -0.25) is 0 Å². The molecule has 3 nitrogen and oxygen atoms in total. The van der Waals surface area contributed by atoms with Gasteiger partial charge in [0.25, 0.3) is 0 Å². The highest BCUT2D eigenvalue weighted by atomic mass is 15.1. The molecule has 0 saturated heterocycles. The molecular formula is C16H23N3. The summed E-state index contributed by atoms with van der Waals surface area (Å²) in [5, 5.41) is 4.60. The van der Waals surface area contributed by atoms with Crippen LogP contribution in [0.5, 0.6) is 0 Å². The average Bonchev–Trinajstić information content (AvgIpc) is 2.46. The molecule has 0 spiro atoms. The van der Waals surface area contributed by atoms with Crippen molar-refractivity contribution in [3.63, 3.8) is 0 Å². The van der Waals surface area contributed by atoms with E-state index in [4.69, 9.17) is 0 Å². The maximum atomic E-state index is 4.61. The number of anilines is 1. The van der Waals surface area contributed by atoms with Crippen molar-refractivity contribution in [2.45, 2.75) is 20.3 Å². The number of rotatable bonds is 7. The molecule has 0 atom stereocenters. The summed E-state index contributed by atoms with van der Waals surface area (Å²) in [4.78, 5) is 7.07. The minimum atomic E-state index is 0.944. The van der Waals surface area contributed by atoms with Crippen molar-refractivity contribution in [3.05, 3.63) is 36.4 Å². The minimum absolute atomic E-state index is 0.944. The van der Waals surface area contributed by atoms with Gasteiger partial charge in [0.15, 0.2) is 0 Å². The van der Waals surface area contributed by atoms with Gasteiger partial charge in [0.1, 0.15) is 5.82 Å².